The average Bonchev–Trinajstić information content (AvgIpc) is 2.27. The molecule has 1 aromatic rings. The summed E-state index contributed by atoms with van der Waals surface area (Å²) >= 11 is 0. The van der Waals surface area contributed by atoms with Crippen molar-refractivity contribution < 1.29 is 9.53 Å². The van der Waals surface area contributed by atoms with Gasteiger partial charge in [0.05, 0.1) is 12.9 Å². The largest absolute Gasteiger partial charge is 0.501 e. The number of methoxy groups -OCH3 is 1. The molecule has 15 heavy (non-hydrogen) atoms. The minimum absolute atomic E-state index is 0.141. The Hall–Kier alpha value is -1.77. The molecule has 0 bridgehead atoms. The Labute approximate surface area is 89.8 Å². The molecule has 0 unspecified atom stereocenters. The van der Waals surface area contributed by atoms with E-state index in [1.807, 2.05) is 30.3 Å². The molecule has 0 atom stereocenters. The maximum atomic E-state index is 11.3. The summed E-state index contributed by atoms with van der Waals surface area (Å²) in [6.45, 7) is 2.27. The van der Waals surface area contributed by atoms with E-state index in [4.69, 9.17) is 4.74 Å². The molecule has 0 fully saturated rings. The second-order valence-corrected chi connectivity index (χ2v) is 3.16. The Kier molecular flexibility index (Phi) is 4.41. The molecule has 1 N–H and O–H groups in total. The lowest BCUT2D eigenvalue weighted by atomic mass is 10.2. The Morgan fingerprint density at radius 1 is 1.40 bits per heavy atom. The van der Waals surface area contributed by atoms with Crippen molar-refractivity contribution in [1.29, 1.82) is 0 Å². The number of carbonyl (C=O) groups excluding carboxylic acids is 1. The van der Waals surface area contributed by atoms with Crippen LogP contribution in [0.5, 0.6) is 0 Å². The standard InChI is InChI=1S/C12H15NO2/c1-10(15-2)8-12(14)13-9-11-6-4-3-5-7-11/h3-8H,9H2,1-2H3,(H,13,14). The summed E-state index contributed by atoms with van der Waals surface area (Å²) in [7, 11) is 1.54. The maximum Gasteiger partial charge on any atom is 0.247 e. The molecule has 1 aromatic carbocycles. The number of rotatable bonds is 4. The Morgan fingerprint density at radius 3 is 2.67 bits per heavy atom. The first-order valence-electron chi connectivity index (χ1n) is 4.76. The number of hydrogen-bond acceptors (Lipinski definition) is 2. The zero-order valence-corrected chi connectivity index (χ0v) is 8.99. The molecule has 0 aliphatic carbocycles. The summed E-state index contributed by atoms with van der Waals surface area (Å²) in [6, 6.07) is 9.76. The first-order valence-corrected chi connectivity index (χ1v) is 4.76. The lowest BCUT2D eigenvalue weighted by molar-refractivity contribution is -0.116. The number of allylic oxidation sites excluding steroid dienone is 1. The third-order valence-electron chi connectivity index (χ3n) is 1.97. The van der Waals surface area contributed by atoms with Gasteiger partial charge >= 0.3 is 0 Å². The molecule has 0 saturated carbocycles. The van der Waals surface area contributed by atoms with Crippen LogP contribution < -0.4 is 5.32 Å². The second-order valence-electron chi connectivity index (χ2n) is 3.16. The molecule has 0 heterocycles. The van der Waals surface area contributed by atoms with E-state index in [-0.39, 0.29) is 5.91 Å². The van der Waals surface area contributed by atoms with Gasteiger partial charge in [-0.3, -0.25) is 4.79 Å². The van der Waals surface area contributed by atoms with Crippen LogP contribution in [0.1, 0.15) is 12.5 Å². The molecular weight excluding hydrogens is 190 g/mol. The van der Waals surface area contributed by atoms with Crippen LogP contribution in [0.4, 0.5) is 0 Å². The highest BCUT2D eigenvalue weighted by molar-refractivity contribution is 5.87. The molecule has 80 valence electrons. The highest BCUT2D eigenvalue weighted by Crippen LogP contribution is 1.97. The monoisotopic (exact) mass is 205 g/mol. The van der Waals surface area contributed by atoms with Gasteiger partial charge in [-0.05, 0) is 12.5 Å². The minimum Gasteiger partial charge on any atom is -0.501 e. The number of hydrogen-bond donors (Lipinski definition) is 1. The molecule has 1 amide bonds. The van der Waals surface area contributed by atoms with Crippen molar-refractivity contribution >= 4 is 5.91 Å². The summed E-state index contributed by atoms with van der Waals surface area (Å²) in [5.41, 5.74) is 1.08. The van der Waals surface area contributed by atoms with Gasteiger partial charge in [0.2, 0.25) is 5.91 Å². The van der Waals surface area contributed by atoms with Crippen LogP contribution in [0.3, 0.4) is 0 Å². The van der Waals surface area contributed by atoms with Gasteiger partial charge in [0, 0.05) is 12.6 Å². The van der Waals surface area contributed by atoms with Crippen molar-refractivity contribution in [1.82, 2.24) is 5.32 Å². The summed E-state index contributed by atoms with van der Waals surface area (Å²) in [5.74, 6) is 0.457. The molecule has 0 spiro atoms. The fraction of sp³-hybridized carbons (Fsp3) is 0.250. The van der Waals surface area contributed by atoms with E-state index < -0.39 is 0 Å². The zero-order valence-electron chi connectivity index (χ0n) is 8.99. The maximum absolute atomic E-state index is 11.3. The molecule has 3 nitrogen and oxygen atoms in total. The van der Waals surface area contributed by atoms with Gasteiger partial charge in [-0.2, -0.15) is 0 Å². The van der Waals surface area contributed by atoms with Crippen LogP contribution in [0.15, 0.2) is 42.2 Å². The van der Waals surface area contributed by atoms with Gasteiger partial charge in [-0.15, -0.1) is 0 Å². The van der Waals surface area contributed by atoms with Crippen LogP contribution in [0.2, 0.25) is 0 Å². The molecular formula is C12H15NO2. The molecule has 0 aromatic heterocycles. The van der Waals surface area contributed by atoms with Gasteiger partial charge in [-0.25, -0.2) is 0 Å². The SMILES string of the molecule is COC(C)=CC(=O)NCc1ccccc1. The molecule has 0 saturated heterocycles. The minimum atomic E-state index is -0.141. The molecule has 3 heteroatoms. The van der Waals surface area contributed by atoms with E-state index in [1.54, 1.807) is 6.92 Å². The number of benzene rings is 1. The first-order chi connectivity index (χ1) is 7.22. The van der Waals surface area contributed by atoms with Crippen LogP contribution in [-0.4, -0.2) is 13.0 Å². The zero-order chi connectivity index (χ0) is 11.1. The summed E-state index contributed by atoms with van der Waals surface area (Å²) < 4.78 is 4.87. The number of nitrogens with one attached hydrogen (secondary N) is 1. The second kappa shape index (κ2) is 5.86. The lowest BCUT2D eigenvalue weighted by Gasteiger charge is -2.03. The summed E-state index contributed by atoms with van der Waals surface area (Å²) in [5, 5.41) is 2.77. The van der Waals surface area contributed by atoms with Crippen LogP contribution >= 0.6 is 0 Å². The van der Waals surface area contributed by atoms with Crippen LogP contribution in [0, 0.1) is 0 Å². The van der Waals surface area contributed by atoms with Crippen molar-refractivity contribution in [2.45, 2.75) is 13.5 Å². The topological polar surface area (TPSA) is 38.3 Å². The predicted octanol–water partition coefficient (Wildman–Crippen LogP) is 1.85. The predicted molar refractivity (Wildman–Crippen MR) is 59.1 cm³/mol. The van der Waals surface area contributed by atoms with Crippen LogP contribution in [-0.2, 0) is 16.1 Å². The Balaban J connectivity index is 2.41. The summed E-state index contributed by atoms with van der Waals surface area (Å²) in [6.07, 6.45) is 1.43. The normalized spacial score (nSPS) is 10.9. The van der Waals surface area contributed by atoms with Crippen molar-refractivity contribution in [2.75, 3.05) is 7.11 Å². The van der Waals surface area contributed by atoms with E-state index in [0.29, 0.717) is 12.3 Å². The van der Waals surface area contributed by atoms with Gasteiger partial charge in [0.15, 0.2) is 0 Å². The van der Waals surface area contributed by atoms with Gasteiger partial charge in [-0.1, -0.05) is 30.3 Å². The van der Waals surface area contributed by atoms with Crippen molar-refractivity contribution in [3.8, 4) is 0 Å². The van der Waals surface area contributed by atoms with Crippen molar-refractivity contribution in [2.24, 2.45) is 0 Å². The fourth-order valence-electron chi connectivity index (χ4n) is 1.08. The highest BCUT2D eigenvalue weighted by Gasteiger charge is 1.97. The van der Waals surface area contributed by atoms with E-state index >= 15 is 0 Å². The van der Waals surface area contributed by atoms with Crippen molar-refractivity contribution in [3.63, 3.8) is 0 Å². The quantitative estimate of drug-likeness (QED) is 0.601. The highest BCUT2D eigenvalue weighted by atomic mass is 16.5. The lowest BCUT2D eigenvalue weighted by Crippen LogP contribution is -2.20. The van der Waals surface area contributed by atoms with E-state index in [2.05, 4.69) is 5.32 Å². The molecule has 0 radical (unpaired) electrons. The molecule has 0 aliphatic heterocycles. The van der Waals surface area contributed by atoms with Gasteiger partial charge in [0.1, 0.15) is 0 Å². The Bertz CT molecular complexity index is 344. The smallest absolute Gasteiger partial charge is 0.247 e. The van der Waals surface area contributed by atoms with E-state index in [9.17, 15) is 4.79 Å². The number of carbonyl (C=O) groups is 1. The Morgan fingerprint density at radius 2 is 2.07 bits per heavy atom. The van der Waals surface area contributed by atoms with Gasteiger partial charge in [0.25, 0.3) is 0 Å². The molecule has 1 rings (SSSR count). The first kappa shape index (κ1) is 11.3. The third kappa shape index (κ3) is 4.31. The summed E-state index contributed by atoms with van der Waals surface area (Å²) in [4.78, 5) is 11.3. The third-order valence-corrected chi connectivity index (χ3v) is 1.97. The average molecular weight is 205 g/mol. The molecule has 0 aliphatic rings. The number of amides is 1. The van der Waals surface area contributed by atoms with E-state index in [0.717, 1.165) is 5.56 Å². The fourth-order valence-corrected chi connectivity index (χ4v) is 1.08. The van der Waals surface area contributed by atoms with Crippen LogP contribution in [0.25, 0.3) is 0 Å². The van der Waals surface area contributed by atoms with Gasteiger partial charge < -0.3 is 10.1 Å². The number of ether oxygens (including phenoxy) is 1. The van der Waals surface area contributed by atoms with Crippen molar-refractivity contribution in [3.05, 3.63) is 47.7 Å². The van der Waals surface area contributed by atoms with E-state index in [1.165, 1.54) is 13.2 Å².